The van der Waals surface area contributed by atoms with Crippen LogP contribution in [0.3, 0.4) is 0 Å². The number of likely N-dealkylation sites (tertiary alicyclic amines) is 1. The van der Waals surface area contributed by atoms with Crippen molar-refractivity contribution in [2.24, 2.45) is 5.92 Å². The SMILES string of the molecule is N#CC1CCCN1CC1CCOC1. The van der Waals surface area contributed by atoms with Crippen LogP contribution in [-0.2, 0) is 4.74 Å². The second-order valence-corrected chi connectivity index (χ2v) is 4.01. The van der Waals surface area contributed by atoms with Gasteiger partial charge in [-0.3, -0.25) is 4.90 Å². The summed E-state index contributed by atoms with van der Waals surface area (Å²) in [5.74, 6) is 0.675. The molecular weight excluding hydrogens is 164 g/mol. The fourth-order valence-electron chi connectivity index (χ4n) is 2.25. The molecule has 2 unspecified atom stereocenters. The maximum absolute atomic E-state index is 8.89. The van der Waals surface area contributed by atoms with Crippen LogP contribution in [0.15, 0.2) is 0 Å². The van der Waals surface area contributed by atoms with Gasteiger partial charge >= 0.3 is 0 Å². The fraction of sp³-hybridized carbons (Fsp3) is 0.900. The summed E-state index contributed by atoms with van der Waals surface area (Å²) in [6.07, 6.45) is 3.42. The summed E-state index contributed by atoms with van der Waals surface area (Å²) < 4.78 is 5.33. The Hall–Kier alpha value is -0.590. The molecule has 0 amide bonds. The van der Waals surface area contributed by atoms with Crippen LogP contribution in [0, 0.1) is 17.2 Å². The van der Waals surface area contributed by atoms with Crippen molar-refractivity contribution in [1.82, 2.24) is 4.90 Å². The minimum atomic E-state index is 0.181. The molecule has 0 aromatic heterocycles. The third-order valence-electron chi connectivity index (χ3n) is 3.03. The number of ether oxygens (including phenoxy) is 1. The highest BCUT2D eigenvalue weighted by Crippen LogP contribution is 2.21. The van der Waals surface area contributed by atoms with E-state index in [1.54, 1.807) is 0 Å². The molecule has 2 rings (SSSR count). The molecule has 2 saturated heterocycles. The Kier molecular flexibility index (Phi) is 2.82. The molecule has 0 spiro atoms. The van der Waals surface area contributed by atoms with E-state index in [0.29, 0.717) is 5.92 Å². The number of nitriles is 1. The summed E-state index contributed by atoms with van der Waals surface area (Å²) in [5.41, 5.74) is 0. The highest BCUT2D eigenvalue weighted by atomic mass is 16.5. The maximum atomic E-state index is 8.89. The molecule has 3 nitrogen and oxygen atoms in total. The summed E-state index contributed by atoms with van der Waals surface area (Å²) in [6.45, 7) is 3.98. The van der Waals surface area contributed by atoms with Crippen LogP contribution in [0.2, 0.25) is 0 Å². The molecule has 72 valence electrons. The molecule has 0 bridgehead atoms. The molecule has 2 fully saturated rings. The monoisotopic (exact) mass is 180 g/mol. The topological polar surface area (TPSA) is 36.3 Å². The minimum absolute atomic E-state index is 0.181. The van der Waals surface area contributed by atoms with Crippen LogP contribution in [0.5, 0.6) is 0 Å². The third kappa shape index (κ3) is 2.01. The van der Waals surface area contributed by atoms with Crippen molar-refractivity contribution in [3.8, 4) is 6.07 Å². The van der Waals surface area contributed by atoms with Crippen molar-refractivity contribution >= 4 is 0 Å². The van der Waals surface area contributed by atoms with Crippen molar-refractivity contribution in [3.63, 3.8) is 0 Å². The number of nitrogens with zero attached hydrogens (tertiary/aromatic N) is 2. The molecule has 0 aromatic rings. The van der Waals surface area contributed by atoms with Crippen molar-refractivity contribution in [2.45, 2.75) is 25.3 Å². The van der Waals surface area contributed by atoms with Crippen LogP contribution in [0.25, 0.3) is 0 Å². The van der Waals surface area contributed by atoms with Crippen LogP contribution in [0.4, 0.5) is 0 Å². The molecule has 0 N–H and O–H groups in total. The van der Waals surface area contributed by atoms with Crippen molar-refractivity contribution in [1.29, 1.82) is 5.26 Å². The van der Waals surface area contributed by atoms with Gasteiger partial charge in [-0.15, -0.1) is 0 Å². The Morgan fingerprint density at radius 1 is 1.46 bits per heavy atom. The molecule has 0 aromatic carbocycles. The first-order valence-electron chi connectivity index (χ1n) is 5.11. The predicted molar refractivity (Wildman–Crippen MR) is 49.1 cm³/mol. The lowest BCUT2D eigenvalue weighted by Gasteiger charge is -2.21. The normalized spacial score (nSPS) is 35.0. The van der Waals surface area contributed by atoms with Crippen LogP contribution in [-0.4, -0.2) is 37.2 Å². The average molecular weight is 180 g/mol. The first-order valence-corrected chi connectivity index (χ1v) is 5.11. The average Bonchev–Trinajstić information content (AvgIpc) is 2.76. The van der Waals surface area contributed by atoms with E-state index in [-0.39, 0.29) is 6.04 Å². The fourth-order valence-corrected chi connectivity index (χ4v) is 2.25. The Morgan fingerprint density at radius 3 is 3.08 bits per heavy atom. The first-order chi connectivity index (χ1) is 6.40. The van der Waals surface area contributed by atoms with Gasteiger partial charge in [-0.05, 0) is 31.7 Å². The van der Waals surface area contributed by atoms with Gasteiger partial charge in [0.05, 0.1) is 18.7 Å². The van der Waals surface area contributed by atoms with E-state index in [1.807, 2.05) is 0 Å². The van der Waals surface area contributed by atoms with Gasteiger partial charge in [0.25, 0.3) is 0 Å². The molecule has 13 heavy (non-hydrogen) atoms. The smallest absolute Gasteiger partial charge is 0.0978 e. The molecule has 2 atom stereocenters. The molecule has 3 heteroatoms. The second-order valence-electron chi connectivity index (χ2n) is 4.01. The highest BCUT2D eigenvalue weighted by Gasteiger charge is 2.27. The van der Waals surface area contributed by atoms with Gasteiger partial charge in [-0.25, -0.2) is 0 Å². The van der Waals surface area contributed by atoms with Gasteiger partial charge in [-0.1, -0.05) is 0 Å². The minimum Gasteiger partial charge on any atom is -0.381 e. The first kappa shape index (κ1) is 8.98. The van der Waals surface area contributed by atoms with Crippen molar-refractivity contribution in [3.05, 3.63) is 0 Å². The Bertz CT molecular complexity index is 205. The summed E-state index contributed by atoms with van der Waals surface area (Å²) in [4.78, 5) is 2.32. The van der Waals surface area contributed by atoms with Gasteiger partial charge in [0, 0.05) is 13.2 Å². The van der Waals surface area contributed by atoms with Gasteiger partial charge in [0.15, 0.2) is 0 Å². The van der Waals surface area contributed by atoms with Crippen molar-refractivity contribution < 1.29 is 4.74 Å². The molecule has 0 saturated carbocycles. The summed E-state index contributed by atoms with van der Waals surface area (Å²) >= 11 is 0. The quantitative estimate of drug-likeness (QED) is 0.636. The summed E-state index contributed by atoms with van der Waals surface area (Å²) in [6, 6.07) is 2.55. The molecule has 2 heterocycles. The van der Waals surface area contributed by atoms with Gasteiger partial charge in [-0.2, -0.15) is 5.26 Å². The van der Waals surface area contributed by atoms with Crippen LogP contribution in [0.1, 0.15) is 19.3 Å². The van der Waals surface area contributed by atoms with Gasteiger partial charge in [0.2, 0.25) is 0 Å². The van der Waals surface area contributed by atoms with E-state index in [2.05, 4.69) is 11.0 Å². The largest absolute Gasteiger partial charge is 0.381 e. The molecule has 2 aliphatic heterocycles. The maximum Gasteiger partial charge on any atom is 0.0978 e. The lowest BCUT2D eigenvalue weighted by molar-refractivity contribution is 0.169. The summed E-state index contributed by atoms with van der Waals surface area (Å²) in [5, 5.41) is 8.89. The second kappa shape index (κ2) is 4.08. The van der Waals surface area contributed by atoms with E-state index < -0.39 is 0 Å². The third-order valence-corrected chi connectivity index (χ3v) is 3.03. The van der Waals surface area contributed by atoms with E-state index in [0.717, 1.165) is 32.7 Å². The van der Waals surface area contributed by atoms with Crippen molar-refractivity contribution in [2.75, 3.05) is 26.3 Å². The Labute approximate surface area is 79.3 Å². The summed E-state index contributed by atoms with van der Waals surface area (Å²) in [7, 11) is 0. The predicted octanol–water partition coefficient (Wildman–Crippen LogP) is 1.01. The molecule has 0 radical (unpaired) electrons. The van der Waals surface area contributed by atoms with Crippen LogP contribution >= 0.6 is 0 Å². The Morgan fingerprint density at radius 2 is 2.38 bits per heavy atom. The standard InChI is InChI=1S/C10H16N2O/c11-6-10-2-1-4-12(10)7-9-3-5-13-8-9/h9-10H,1-5,7-8H2. The zero-order valence-corrected chi connectivity index (χ0v) is 7.91. The van der Waals surface area contributed by atoms with Crippen LogP contribution < -0.4 is 0 Å². The van der Waals surface area contributed by atoms with E-state index in [4.69, 9.17) is 10.00 Å². The lowest BCUT2D eigenvalue weighted by Crippen LogP contribution is -2.33. The van der Waals surface area contributed by atoms with E-state index in [1.165, 1.54) is 12.8 Å². The Balaban J connectivity index is 1.83. The van der Waals surface area contributed by atoms with E-state index in [9.17, 15) is 0 Å². The van der Waals surface area contributed by atoms with Gasteiger partial charge < -0.3 is 4.74 Å². The number of hydrogen-bond acceptors (Lipinski definition) is 3. The zero-order chi connectivity index (χ0) is 9.10. The highest BCUT2D eigenvalue weighted by molar-refractivity contribution is 4.96. The molecule has 0 aliphatic carbocycles. The lowest BCUT2D eigenvalue weighted by atomic mass is 10.1. The molecular formula is C10H16N2O. The number of rotatable bonds is 2. The zero-order valence-electron chi connectivity index (χ0n) is 7.91. The van der Waals surface area contributed by atoms with Gasteiger partial charge in [0.1, 0.15) is 0 Å². The number of hydrogen-bond donors (Lipinski definition) is 0. The molecule has 2 aliphatic rings. The van der Waals surface area contributed by atoms with E-state index >= 15 is 0 Å².